The molecule has 0 spiro atoms. The summed E-state index contributed by atoms with van der Waals surface area (Å²) in [6, 6.07) is 15.1. The molecule has 0 N–H and O–H groups in total. The number of ether oxygens (including phenoxy) is 2. The zero-order chi connectivity index (χ0) is 17.8. The fourth-order valence-electron chi connectivity index (χ4n) is 3.39. The van der Waals surface area contributed by atoms with Gasteiger partial charge < -0.3 is 14.4 Å². The first kappa shape index (κ1) is 17.8. The van der Waals surface area contributed by atoms with Crippen molar-refractivity contribution in [1.82, 2.24) is 9.80 Å². The van der Waals surface area contributed by atoms with Crippen LogP contribution in [0, 0.1) is 6.92 Å². The highest BCUT2D eigenvalue weighted by Crippen LogP contribution is 2.28. The summed E-state index contributed by atoms with van der Waals surface area (Å²) >= 11 is 0. The Morgan fingerprint density at radius 1 is 1.20 bits per heavy atom. The Labute approximate surface area is 151 Å². The van der Waals surface area contributed by atoms with Crippen molar-refractivity contribution in [3.63, 3.8) is 0 Å². The largest absolute Gasteiger partial charge is 0.497 e. The number of hydrogen-bond acceptors (Lipinski definition) is 4. The molecule has 1 aliphatic heterocycles. The summed E-state index contributed by atoms with van der Waals surface area (Å²) in [5, 5.41) is 0. The molecule has 0 radical (unpaired) electrons. The van der Waals surface area contributed by atoms with Crippen LogP contribution in [0.1, 0.15) is 16.7 Å². The second-order valence-corrected chi connectivity index (χ2v) is 7.09. The lowest BCUT2D eigenvalue weighted by Gasteiger charge is -2.31. The van der Waals surface area contributed by atoms with Gasteiger partial charge in [0.2, 0.25) is 0 Å². The van der Waals surface area contributed by atoms with E-state index in [4.69, 9.17) is 9.47 Å². The molecule has 3 rings (SSSR count). The fraction of sp³-hybridized carbons (Fsp3) is 0.429. The maximum Gasteiger partial charge on any atom is 0.123 e. The van der Waals surface area contributed by atoms with Crippen molar-refractivity contribution < 1.29 is 9.47 Å². The van der Waals surface area contributed by atoms with Gasteiger partial charge in [-0.05, 0) is 44.8 Å². The van der Waals surface area contributed by atoms with Gasteiger partial charge >= 0.3 is 0 Å². The van der Waals surface area contributed by atoms with E-state index >= 15 is 0 Å². The molecule has 4 nitrogen and oxygen atoms in total. The van der Waals surface area contributed by atoms with E-state index in [1.54, 1.807) is 7.11 Å². The molecule has 4 heteroatoms. The van der Waals surface area contributed by atoms with Crippen molar-refractivity contribution in [2.24, 2.45) is 0 Å². The molecule has 1 atom stereocenters. The molecular weight excluding hydrogens is 312 g/mol. The maximum absolute atomic E-state index is 6.14. The van der Waals surface area contributed by atoms with Gasteiger partial charge in [0.25, 0.3) is 0 Å². The van der Waals surface area contributed by atoms with Crippen molar-refractivity contribution in [3.8, 4) is 11.5 Å². The van der Waals surface area contributed by atoms with Gasteiger partial charge in [-0.2, -0.15) is 0 Å². The maximum atomic E-state index is 6.14. The molecule has 0 aliphatic carbocycles. The van der Waals surface area contributed by atoms with E-state index in [9.17, 15) is 0 Å². The van der Waals surface area contributed by atoms with Gasteiger partial charge in [0.1, 0.15) is 18.1 Å². The third-order valence-corrected chi connectivity index (χ3v) is 4.63. The zero-order valence-corrected chi connectivity index (χ0v) is 15.7. The van der Waals surface area contributed by atoms with E-state index in [0.29, 0.717) is 12.6 Å². The monoisotopic (exact) mass is 340 g/mol. The minimum atomic E-state index is 0.342. The SMILES string of the molecule is COc1cccc(CN2Cc3cc(C)ccc3OC[C@@H]2CN(C)C)c1. The van der Waals surface area contributed by atoms with Crippen LogP contribution in [0.2, 0.25) is 0 Å². The number of fused-ring (bicyclic) bond motifs is 1. The normalized spacial score (nSPS) is 17.7. The number of nitrogens with zero attached hydrogens (tertiary/aromatic N) is 2. The number of benzene rings is 2. The summed E-state index contributed by atoms with van der Waals surface area (Å²) in [5.74, 6) is 1.92. The number of likely N-dealkylation sites (N-methyl/N-ethyl adjacent to an activating group) is 1. The second kappa shape index (κ2) is 7.89. The Morgan fingerprint density at radius 2 is 2.04 bits per heavy atom. The molecular formula is C21H28N2O2. The summed E-state index contributed by atoms with van der Waals surface area (Å²) in [4.78, 5) is 4.74. The molecule has 134 valence electrons. The summed E-state index contributed by atoms with van der Waals surface area (Å²) in [6.07, 6.45) is 0. The van der Waals surface area contributed by atoms with Gasteiger partial charge in [0.05, 0.1) is 13.2 Å². The predicted molar refractivity (Wildman–Crippen MR) is 101 cm³/mol. The van der Waals surface area contributed by atoms with Crippen LogP contribution in [-0.2, 0) is 13.1 Å². The van der Waals surface area contributed by atoms with Crippen molar-refractivity contribution >= 4 is 0 Å². The van der Waals surface area contributed by atoms with E-state index in [1.807, 2.05) is 6.07 Å². The van der Waals surface area contributed by atoms with Crippen molar-refractivity contribution in [2.75, 3.05) is 34.4 Å². The van der Waals surface area contributed by atoms with Crippen molar-refractivity contribution in [1.29, 1.82) is 0 Å². The molecule has 2 aromatic rings. The molecule has 0 saturated heterocycles. The van der Waals surface area contributed by atoms with E-state index < -0.39 is 0 Å². The van der Waals surface area contributed by atoms with Gasteiger partial charge in [0.15, 0.2) is 0 Å². The lowest BCUT2D eigenvalue weighted by atomic mass is 10.1. The Morgan fingerprint density at radius 3 is 2.80 bits per heavy atom. The minimum absolute atomic E-state index is 0.342. The Hall–Kier alpha value is -2.04. The molecule has 25 heavy (non-hydrogen) atoms. The molecule has 0 bridgehead atoms. The average Bonchev–Trinajstić information content (AvgIpc) is 2.74. The van der Waals surface area contributed by atoms with E-state index in [2.05, 4.69) is 67.2 Å². The fourth-order valence-corrected chi connectivity index (χ4v) is 3.39. The third kappa shape index (κ3) is 4.53. The van der Waals surface area contributed by atoms with Gasteiger partial charge in [-0.3, -0.25) is 4.90 Å². The number of hydrogen-bond donors (Lipinski definition) is 0. The minimum Gasteiger partial charge on any atom is -0.497 e. The molecule has 0 saturated carbocycles. The predicted octanol–water partition coefficient (Wildman–Crippen LogP) is 3.33. The van der Waals surface area contributed by atoms with Crippen LogP contribution >= 0.6 is 0 Å². The van der Waals surface area contributed by atoms with Gasteiger partial charge in [0, 0.05) is 25.2 Å². The number of rotatable bonds is 5. The summed E-state index contributed by atoms with van der Waals surface area (Å²) < 4.78 is 11.5. The highest BCUT2D eigenvalue weighted by Gasteiger charge is 2.25. The van der Waals surface area contributed by atoms with E-state index in [1.165, 1.54) is 16.7 Å². The highest BCUT2D eigenvalue weighted by atomic mass is 16.5. The Balaban J connectivity index is 1.87. The molecule has 0 fully saturated rings. The van der Waals surface area contributed by atoms with Crippen LogP contribution in [0.25, 0.3) is 0 Å². The standard InChI is InChI=1S/C21H28N2O2/c1-16-8-9-21-18(10-16)13-23(19(15-25-21)14-22(2)3)12-17-6-5-7-20(11-17)24-4/h5-11,19H,12-15H2,1-4H3/t19-/m0/s1. The summed E-state index contributed by atoms with van der Waals surface area (Å²) in [5.41, 5.74) is 3.80. The first-order chi connectivity index (χ1) is 12.0. The summed E-state index contributed by atoms with van der Waals surface area (Å²) in [7, 11) is 5.95. The molecule has 0 aromatic heterocycles. The molecule has 1 heterocycles. The summed E-state index contributed by atoms with van der Waals surface area (Å²) in [6.45, 7) is 5.59. The molecule has 2 aromatic carbocycles. The first-order valence-corrected chi connectivity index (χ1v) is 8.79. The smallest absolute Gasteiger partial charge is 0.123 e. The van der Waals surface area contributed by atoms with Crippen LogP contribution in [0.4, 0.5) is 0 Å². The first-order valence-electron chi connectivity index (χ1n) is 8.79. The van der Waals surface area contributed by atoms with Gasteiger partial charge in [-0.25, -0.2) is 0 Å². The van der Waals surface area contributed by atoms with E-state index in [-0.39, 0.29) is 0 Å². The second-order valence-electron chi connectivity index (χ2n) is 7.09. The number of methoxy groups -OCH3 is 1. The van der Waals surface area contributed by atoms with Gasteiger partial charge in [-0.15, -0.1) is 0 Å². The van der Waals surface area contributed by atoms with Gasteiger partial charge in [-0.1, -0.05) is 29.8 Å². The molecule has 1 aliphatic rings. The highest BCUT2D eigenvalue weighted by molar-refractivity contribution is 5.38. The van der Waals surface area contributed by atoms with E-state index in [0.717, 1.165) is 31.1 Å². The molecule has 0 unspecified atom stereocenters. The van der Waals surface area contributed by atoms with Crippen LogP contribution in [0.15, 0.2) is 42.5 Å². The Bertz CT molecular complexity index is 715. The van der Waals surface area contributed by atoms with Crippen molar-refractivity contribution in [3.05, 3.63) is 59.2 Å². The molecule has 0 amide bonds. The zero-order valence-electron chi connectivity index (χ0n) is 15.7. The van der Waals surface area contributed by atoms with Crippen molar-refractivity contribution in [2.45, 2.75) is 26.1 Å². The lowest BCUT2D eigenvalue weighted by molar-refractivity contribution is 0.113. The number of aryl methyl sites for hydroxylation is 1. The topological polar surface area (TPSA) is 24.9 Å². The van der Waals surface area contributed by atoms with Crippen LogP contribution in [-0.4, -0.2) is 50.2 Å². The lowest BCUT2D eigenvalue weighted by Crippen LogP contribution is -2.43. The van der Waals surface area contributed by atoms with Crippen LogP contribution in [0.3, 0.4) is 0 Å². The Kier molecular flexibility index (Phi) is 5.61. The quantitative estimate of drug-likeness (QED) is 0.833. The van der Waals surface area contributed by atoms with Crippen LogP contribution < -0.4 is 9.47 Å². The van der Waals surface area contributed by atoms with Crippen LogP contribution in [0.5, 0.6) is 11.5 Å². The third-order valence-electron chi connectivity index (χ3n) is 4.63. The average molecular weight is 340 g/mol.